The van der Waals surface area contributed by atoms with Crippen LogP contribution in [-0.4, -0.2) is 25.3 Å². The van der Waals surface area contributed by atoms with E-state index in [0.29, 0.717) is 13.2 Å². The van der Waals surface area contributed by atoms with Crippen LogP contribution in [0, 0.1) is 0 Å². The van der Waals surface area contributed by atoms with Crippen molar-refractivity contribution in [2.45, 2.75) is 26.4 Å². The fourth-order valence-corrected chi connectivity index (χ4v) is 0.767. The van der Waals surface area contributed by atoms with Crippen molar-refractivity contribution in [1.82, 2.24) is 8.85 Å². The maximum absolute atomic E-state index is 10.6. The molecule has 0 saturated heterocycles. The third-order valence-corrected chi connectivity index (χ3v) is 1.94. The molecular formula is C7H15IN2O2. The van der Waals surface area contributed by atoms with Gasteiger partial charge >= 0.3 is 6.03 Å². The average molecular weight is 286 g/mol. The van der Waals surface area contributed by atoms with E-state index in [0.717, 1.165) is 6.42 Å². The topological polar surface area (TPSA) is 50.4 Å². The molecule has 0 fully saturated rings. The van der Waals surface area contributed by atoms with E-state index >= 15 is 0 Å². The van der Waals surface area contributed by atoms with Crippen molar-refractivity contribution in [3.63, 3.8) is 0 Å². The van der Waals surface area contributed by atoms with Gasteiger partial charge in [0.25, 0.3) is 0 Å². The average Bonchev–Trinajstić information content (AvgIpc) is 2.11. The minimum atomic E-state index is -0.177. The summed E-state index contributed by atoms with van der Waals surface area (Å²) in [7, 11) is 0. The highest BCUT2D eigenvalue weighted by Gasteiger charge is 1.98. The second-order valence-corrected chi connectivity index (χ2v) is 2.98. The van der Waals surface area contributed by atoms with E-state index in [9.17, 15) is 4.79 Å². The molecule has 0 aromatic heterocycles. The van der Waals surface area contributed by atoms with Gasteiger partial charge in [0.2, 0.25) is 0 Å². The van der Waals surface area contributed by atoms with Crippen LogP contribution in [0.2, 0.25) is 0 Å². The predicted octanol–water partition coefficient (Wildman–Crippen LogP) is 1.45. The Labute approximate surface area is 86.9 Å². The zero-order valence-corrected chi connectivity index (χ0v) is 9.55. The zero-order chi connectivity index (χ0) is 9.40. The number of amides is 2. The standard InChI is InChI=1S/C7H15IN2O2/c1-3-6(2)12-5-4-9-7(11)10-8/h6H,3-5H2,1-2H3,(H2,9,10,11). The van der Waals surface area contributed by atoms with E-state index in [1.807, 2.05) is 6.92 Å². The van der Waals surface area contributed by atoms with Crippen LogP contribution in [0.4, 0.5) is 4.79 Å². The molecule has 2 amide bonds. The summed E-state index contributed by atoms with van der Waals surface area (Å²) in [6, 6.07) is -0.177. The number of hydrogen-bond acceptors (Lipinski definition) is 2. The van der Waals surface area contributed by atoms with Crippen molar-refractivity contribution < 1.29 is 9.53 Å². The summed E-state index contributed by atoms with van der Waals surface area (Å²) in [6.07, 6.45) is 1.27. The van der Waals surface area contributed by atoms with Gasteiger partial charge in [-0.3, -0.25) is 3.53 Å². The Morgan fingerprint density at radius 2 is 2.33 bits per heavy atom. The van der Waals surface area contributed by atoms with E-state index < -0.39 is 0 Å². The van der Waals surface area contributed by atoms with Crippen molar-refractivity contribution in [3.05, 3.63) is 0 Å². The molecule has 0 bridgehead atoms. The van der Waals surface area contributed by atoms with Gasteiger partial charge in [-0.25, -0.2) is 4.79 Å². The van der Waals surface area contributed by atoms with Crippen molar-refractivity contribution in [2.75, 3.05) is 13.2 Å². The van der Waals surface area contributed by atoms with Crippen molar-refractivity contribution in [2.24, 2.45) is 0 Å². The first-order chi connectivity index (χ1) is 5.70. The lowest BCUT2D eigenvalue weighted by molar-refractivity contribution is 0.0667. The summed E-state index contributed by atoms with van der Waals surface area (Å²) >= 11 is 1.78. The maximum atomic E-state index is 10.6. The van der Waals surface area contributed by atoms with Crippen LogP contribution in [0.1, 0.15) is 20.3 Å². The second-order valence-electron chi connectivity index (χ2n) is 2.44. The second kappa shape index (κ2) is 7.60. The van der Waals surface area contributed by atoms with Gasteiger partial charge in [0.05, 0.1) is 35.6 Å². The van der Waals surface area contributed by atoms with Gasteiger partial charge in [-0.2, -0.15) is 0 Å². The summed E-state index contributed by atoms with van der Waals surface area (Å²) in [6.45, 7) is 5.20. The molecular weight excluding hydrogens is 271 g/mol. The Morgan fingerprint density at radius 1 is 1.67 bits per heavy atom. The molecule has 5 heteroatoms. The van der Waals surface area contributed by atoms with Gasteiger partial charge in [0, 0.05) is 6.54 Å². The van der Waals surface area contributed by atoms with Crippen molar-refractivity contribution >= 4 is 28.9 Å². The van der Waals surface area contributed by atoms with E-state index in [1.54, 1.807) is 22.9 Å². The van der Waals surface area contributed by atoms with Crippen LogP contribution < -0.4 is 8.85 Å². The quantitative estimate of drug-likeness (QED) is 0.456. The van der Waals surface area contributed by atoms with Gasteiger partial charge in [0.15, 0.2) is 0 Å². The Morgan fingerprint density at radius 3 is 2.83 bits per heavy atom. The van der Waals surface area contributed by atoms with Gasteiger partial charge in [-0.05, 0) is 13.3 Å². The number of carbonyl (C=O) groups is 1. The summed E-state index contributed by atoms with van der Waals surface area (Å²) in [5.41, 5.74) is 0. The fraction of sp³-hybridized carbons (Fsp3) is 0.857. The zero-order valence-electron chi connectivity index (χ0n) is 7.39. The first-order valence-corrected chi connectivity index (χ1v) is 5.04. The Kier molecular flexibility index (Phi) is 7.58. The highest BCUT2D eigenvalue weighted by Crippen LogP contribution is 1.93. The smallest absolute Gasteiger partial charge is 0.323 e. The number of urea groups is 1. The molecule has 0 aliphatic heterocycles. The number of hydrogen-bond donors (Lipinski definition) is 2. The van der Waals surface area contributed by atoms with Crippen LogP contribution in [0.15, 0.2) is 0 Å². The summed E-state index contributed by atoms with van der Waals surface area (Å²) in [4.78, 5) is 10.6. The third-order valence-electron chi connectivity index (χ3n) is 1.45. The molecule has 0 aliphatic carbocycles. The molecule has 2 N–H and O–H groups in total. The maximum Gasteiger partial charge on any atom is 0.323 e. The number of rotatable bonds is 5. The first-order valence-electron chi connectivity index (χ1n) is 3.96. The van der Waals surface area contributed by atoms with Crippen LogP contribution in [0.3, 0.4) is 0 Å². The molecule has 0 aromatic rings. The third kappa shape index (κ3) is 6.66. The normalized spacial score (nSPS) is 12.2. The summed E-state index contributed by atoms with van der Waals surface area (Å²) < 4.78 is 7.77. The highest BCUT2D eigenvalue weighted by molar-refractivity contribution is 14.1. The predicted molar refractivity (Wildman–Crippen MR) is 56.3 cm³/mol. The van der Waals surface area contributed by atoms with Gasteiger partial charge in [-0.1, -0.05) is 6.92 Å². The largest absolute Gasteiger partial charge is 0.377 e. The lowest BCUT2D eigenvalue weighted by Crippen LogP contribution is -2.32. The molecule has 0 heterocycles. The minimum absolute atomic E-state index is 0.177. The molecule has 0 spiro atoms. The molecule has 1 atom stereocenters. The number of halogens is 1. The molecule has 0 aliphatic rings. The first kappa shape index (κ1) is 12.0. The summed E-state index contributed by atoms with van der Waals surface area (Å²) in [5.74, 6) is 0. The van der Waals surface area contributed by atoms with Crippen molar-refractivity contribution in [3.8, 4) is 0 Å². The fourth-order valence-electron chi connectivity index (χ4n) is 0.576. The molecule has 0 aromatic carbocycles. The van der Waals surface area contributed by atoms with Crippen LogP contribution in [0.5, 0.6) is 0 Å². The van der Waals surface area contributed by atoms with E-state index in [-0.39, 0.29) is 12.1 Å². The van der Waals surface area contributed by atoms with Crippen LogP contribution in [0.25, 0.3) is 0 Å². The molecule has 72 valence electrons. The Balaban J connectivity index is 3.15. The summed E-state index contributed by atoms with van der Waals surface area (Å²) in [5, 5.41) is 2.63. The van der Waals surface area contributed by atoms with Crippen molar-refractivity contribution in [1.29, 1.82) is 0 Å². The lowest BCUT2D eigenvalue weighted by atomic mass is 10.3. The van der Waals surface area contributed by atoms with E-state index in [1.165, 1.54) is 0 Å². The minimum Gasteiger partial charge on any atom is -0.377 e. The van der Waals surface area contributed by atoms with Gasteiger partial charge < -0.3 is 10.1 Å². The highest BCUT2D eigenvalue weighted by atomic mass is 127. The lowest BCUT2D eigenvalue weighted by Gasteiger charge is -2.10. The molecule has 12 heavy (non-hydrogen) atoms. The molecule has 0 radical (unpaired) electrons. The van der Waals surface area contributed by atoms with Crippen LogP contribution in [-0.2, 0) is 4.74 Å². The van der Waals surface area contributed by atoms with Gasteiger partial charge in [0.1, 0.15) is 0 Å². The SMILES string of the molecule is CCC(C)OCCNC(=O)NI. The number of carbonyl (C=O) groups excluding carboxylic acids is 1. The monoisotopic (exact) mass is 286 g/mol. The van der Waals surface area contributed by atoms with Gasteiger partial charge in [-0.15, -0.1) is 0 Å². The van der Waals surface area contributed by atoms with Crippen LogP contribution >= 0.6 is 22.9 Å². The molecule has 4 nitrogen and oxygen atoms in total. The number of ether oxygens (including phenoxy) is 1. The number of nitrogens with one attached hydrogen (secondary N) is 2. The Hall–Kier alpha value is -0.0400. The molecule has 1 unspecified atom stereocenters. The van der Waals surface area contributed by atoms with E-state index in [2.05, 4.69) is 15.8 Å². The molecule has 0 rings (SSSR count). The molecule has 0 saturated carbocycles. The Bertz CT molecular complexity index is 133. The van der Waals surface area contributed by atoms with E-state index in [4.69, 9.17) is 4.74 Å².